The summed E-state index contributed by atoms with van der Waals surface area (Å²) in [7, 11) is 2.12. The highest BCUT2D eigenvalue weighted by Gasteiger charge is 2.26. The summed E-state index contributed by atoms with van der Waals surface area (Å²) in [5.41, 5.74) is 4.64. The van der Waals surface area contributed by atoms with Gasteiger partial charge in [-0.1, -0.05) is 55.8 Å². The molecule has 1 aliphatic rings. The molecule has 2 aromatic heterocycles. The minimum absolute atomic E-state index is 0.0223. The minimum Gasteiger partial charge on any atom is -0.484 e. The third-order valence-corrected chi connectivity index (χ3v) is 8.57. The first-order chi connectivity index (χ1) is 20.9. The summed E-state index contributed by atoms with van der Waals surface area (Å²) in [6.45, 7) is 10.6. The Labute approximate surface area is 259 Å². The number of H-pyrrole nitrogens is 1. The number of piperidine rings is 1. The van der Waals surface area contributed by atoms with Crippen molar-refractivity contribution in [3.63, 3.8) is 0 Å². The molecule has 1 fully saturated rings. The van der Waals surface area contributed by atoms with E-state index in [1.54, 1.807) is 6.20 Å². The van der Waals surface area contributed by atoms with Gasteiger partial charge in [0.15, 0.2) is 12.3 Å². The molecule has 43 heavy (non-hydrogen) atoms. The van der Waals surface area contributed by atoms with Gasteiger partial charge in [-0.25, -0.2) is 9.97 Å². The normalized spacial score (nSPS) is 14.3. The molecule has 1 saturated heterocycles. The molecule has 0 atom stereocenters. The number of carbonyl (C=O) groups excluding carboxylic acids is 1. The first-order valence-corrected chi connectivity index (χ1v) is 15.6. The average Bonchev–Trinajstić information content (AvgIpc) is 3.47. The molecule has 1 amide bonds. The monoisotopic (exact) mass is 603 g/mol. The summed E-state index contributed by atoms with van der Waals surface area (Å²) in [5.74, 6) is 1.20. The number of rotatable bonds is 13. The number of nitrogens with zero attached hydrogens (tertiary/aromatic N) is 5. The number of hydrogen-bond acceptors (Lipinski definition) is 7. The molecule has 9 nitrogen and oxygen atoms in total. The number of aromatic nitrogens is 3. The van der Waals surface area contributed by atoms with Crippen LogP contribution in [0.5, 0.6) is 5.75 Å². The number of nitrogens with one attached hydrogen (secondary N) is 2. The standard InChI is InChI=1S/C33H42ClN7O2/c1-4-40(5-2)20-17-35-29(42)23-43-27-13-11-25(12-14-27)32-37-30-31(28(34)21-36-33(30)38-32)39(3)26-15-18-41(19-16-26)22-24-9-7-6-8-10-24/h6-14,21,26H,4-5,15-20,22-23H2,1-3H3,(H,35,42)(H,36,37,38). The number of likely N-dealkylation sites (N-methyl/N-ethyl adjacent to an activating group) is 1. The molecular formula is C33H42ClN7O2. The zero-order valence-corrected chi connectivity index (χ0v) is 26.1. The lowest BCUT2D eigenvalue weighted by Crippen LogP contribution is -2.43. The van der Waals surface area contributed by atoms with Crippen LogP contribution in [-0.4, -0.2) is 89.6 Å². The molecule has 10 heteroatoms. The number of aromatic amines is 1. The number of fused-ring (bicyclic) bond motifs is 1. The molecule has 0 spiro atoms. The first kappa shape index (κ1) is 30.8. The van der Waals surface area contributed by atoms with E-state index in [-0.39, 0.29) is 12.5 Å². The Hall–Kier alpha value is -3.66. The second-order valence-corrected chi connectivity index (χ2v) is 11.4. The van der Waals surface area contributed by atoms with Crippen molar-refractivity contribution in [1.29, 1.82) is 0 Å². The third kappa shape index (κ3) is 7.84. The van der Waals surface area contributed by atoms with Gasteiger partial charge in [-0.05, 0) is 55.8 Å². The predicted molar refractivity (Wildman–Crippen MR) is 174 cm³/mol. The molecule has 228 valence electrons. The lowest BCUT2D eigenvalue weighted by atomic mass is 10.0. The second kappa shape index (κ2) is 14.7. The number of amides is 1. The zero-order valence-electron chi connectivity index (χ0n) is 25.4. The molecule has 0 saturated carbocycles. The van der Waals surface area contributed by atoms with E-state index in [4.69, 9.17) is 21.3 Å². The maximum Gasteiger partial charge on any atom is 0.257 e. The van der Waals surface area contributed by atoms with Gasteiger partial charge in [-0.2, -0.15) is 0 Å². The van der Waals surface area contributed by atoms with Crippen molar-refractivity contribution in [3.05, 3.63) is 71.4 Å². The number of anilines is 1. The van der Waals surface area contributed by atoms with Crippen LogP contribution in [0, 0.1) is 0 Å². The largest absolute Gasteiger partial charge is 0.484 e. The van der Waals surface area contributed by atoms with Gasteiger partial charge < -0.3 is 24.8 Å². The van der Waals surface area contributed by atoms with Gasteiger partial charge in [0, 0.05) is 51.4 Å². The molecule has 3 heterocycles. The van der Waals surface area contributed by atoms with Crippen LogP contribution < -0.4 is 15.0 Å². The van der Waals surface area contributed by atoms with Gasteiger partial charge in [-0.3, -0.25) is 9.69 Å². The smallest absolute Gasteiger partial charge is 0.257 e. The third-order valence-electron chi connectivity index (χ3n) is 8.30. The van der Waals surface area contributed by atoms with Crippen LogP contribution in [0.2, 0.25) is 5.02 Å². The topological polar surface area (TPSA) is 89.6 Å². The van der Waals surface area contributed by atoms with Crippen molar-refractivity contribution in [2.75, 3.05) is 57.8 Å². The van der Waals surface area contributed by atoms with Crippen LogP contribution >= 0.6 is 11.6 Å². The maximum atomic E-state index is 12.2. The Balaban J connectivity index is 1.20. The Bertz CT molecular complexity index is 1470. The fourth-order valence-corrected chi connectivity index (χ4v) is 5.97. The Morgan fingerprint density at radius 2 is 1.81 bits per heavy atom. The van der Waals surface area contributed by atoms with E-state index in [9.17, 15) is 4.79 Å². The van der Waals surface area contributed by atoms with E-state index in [0.29, 0.717) is 34.8 Å². The highest BCUT2D eigenvalue weighted by atomic mass is 35.5. The van der Waals surface area contributed by atoms with E-state index in [1.807, 2.05) is 24.3 Å². The van der Waals surface area contributed by atoms with Crippen LogP contribution in [-0.2, 0) is 11.3 Å². The summed E-state index contributed by atoms with van der Waals surface area (Å²) in [4.78, 5) is 32.0. The van der Waals surface area contributed by atoms with Crippen LogP contribution in [0.3, 0.4) is 0 Å². The Morgan fingerprint density at radius 3 is 2.51 bits per heavy atom. The number of pyridine rings is 1. The number of likely N-dealkylation sites (tertiary alicyclic amines) is 1. The van der Waals surface area contributed by atoms with Crippen LogP contribution in [0.4, 0.5) is 5.69 Å². The van der Waals surface area contributed by atoms with E-state index in [0.717, 1.165) is 68.9 Å². The van der Waals surface area contributed by atoms with Crippen LogP contribution in [0.25, 0.3) is 22.6 Å². The van der Waals surface area contributed by atoms with E-state index < -0.39 is 0 Å². The molecule has 4 aromatic rings. The van der Waals surface area contributed by atoms with Crippen molar-refractivity contribution in [2.24, 2.45) is 0 Å². The first-order valence-electron chi connectivity index (χ1n) is 15.2. The van der Waals surface area contributed by atoms with Crippen LogP contribution in [0.1, 0.15) is 32.3 Å². The van der Waals surface area contributed by atoms with E-state index in [2.05, 4.69) is 81.2 Å². The summed E-state index contributed by atoms with van der Waals surface area (Å²) in [6, 6.07) is 18.6. The molecule has 2 aromatic carbocycles. The summed E-state index contributed by atoms with van der Waals surface area (Å²) < 4.78 is 5.71. The number of ether oxygens (including phenoxy) is 1. The molecule has 0 aliphatic carbocycles. The Morgan fingerprint density at radius 1 is 1.09 bits per heavy atom. The van der Waals surface area contributed by atoms with Gasteiger partial charge in [0.05, 0.1) is 16.9 Å². The summed E-state index contributed by atoms with van der Waals surface area (Å²) >= 11 is 6.74. The molecular weight excluding hydrogens is 562 g/mol. The van der Waals surface area contributed by atoms with Gasteiger partial charge in [0.1, 0.15) is 17.1 Å². The van der Waals surface area contributed by atoms with Gasteiger partial charge >= 0.3 is 0 Å². The number of benzene rings is 2. The quantitative estimate of drug-likeness (QED) is 0.217. The lowest BCUT2D eigenvalue weighted by Gasteiger charge is -2.38. The van der Waals surface area contributed by atoms with Crippen molar-refractivity contribution < 1.29 is 9.53 Å². The minimum atomic E-state index is -0.130. The predicted octanol–water partition coefficient (Wildman–Crippen LogP) is 5.22. The average molecular weight is 604 g/mol. The Kier molecular flexibility index (Phi) is 10.5. The maximum absolute atomic E-state index is 12.2. The molecule has 0 unspecified atom stereocenters. The molecule has 5 rings (SSSR count). The second-order valence-electron chi connectivity index (χ2n) is 11.0. The van der Waals surface area contributed by atoms with Crippen LogP contribution in [0.15, 0.2) is 60.8 Å². The van der Waals surface area contributed by atoms with E-state index >= 15 is 0 Å². The summed E-state index contributed by atoms with van der Waals surface area (Å²) in [6.07, 6.45) is 3.80. The summed E-state index contributed by atoms with van der Waals surface area (Å²) in [5, 5.41) is 3.52. The SMILES string of the molecule is CCN(CC)CCNC(=O)COc1ccc(-c2nc3ncc(Cl)c(N(C)C4CCN(Cc5ccccc5)CC4)c3[nH]2)cc1. The number of hydrogen-bond donors (Lipinski definition) is 2. The zero-order chi connectivity index (χ0) is 30.2. The fraction of sp³-hybridized carbons (Fsp3) is 0.424. The number of carbonyl (C=O) groups is 1. The lowest BCUT2D eigenvalue weighted by molar-refractivity contribution is -0.123. The van der Waals surface area contributed by atoms with Crippen molar-refractivity contribution in [3.8, 4) is 17.1 Å². The molecule has 0 radical (unpaired) electrons. The van der Waals surface area contributed by atoms with Crippen molar-refractivity contribution >= 4 is 34.4 Å². The highest BCUT2D eigenvalue weighted by molar-refractivity contribution is 6.34. The van der Waals surface area contributed by atoms with Crippen molar-refractivity contribution in [2.45, 2.75) is 39.3 Å². The van der Waals surface area contributed by atoms with Gasteiger partial charge in [0.2, 0.25) is 0 Å². The van der Waals surface area contributed by atoms with Crippen molar-refractivity contribution in [1.82, 2.24) is 30.1 Å². The molecule has 2 N–H and O–H groups in total. The van der Waals surface area contributed by atoms with Gasteiger partial charge in [-0.15, -0.1) is 0 Å². The molecule has 1 aliphatic heterocycles. The fourth-order valence-electron chi connectivity index (χ4n) is 5.69. The van der Waals surface area contributed by atoms with Gasteiger partial charge in [0.25, 0.3) is 5.91 Å². The number of imidazole rings is 1. The van der Waals surface area contributed by atoms with E-state index in [1.165, 1.54) is 5.56 Å². The number of halogens is 1. The highest BCUT2D eigenvalue weighted by Crippen LogP contribution is 2.35. The molecule has 0 bridgehead atoms.